The Morgan fingerprint density at radius 3 is 2.44 bits per heavy atom. The number of benzene rings is 1. The summed E-state index contributed by atoms with van der Waals surface area (Å²) in [4.78, 5) is 4.00. The van der Waals surface area contributed by atoms with Crippen molar-refractivity contribution in [3.63, 3.8) is 0 Å². The molecule has 2 atom stereocenters. The van der Waals surface area contributed by atoms with Gasteiger partial charge in [-0.3, -0.25) is 4.98 Å². The molecule has 2 aromatic rings. The highest BCUT2D eigenvalue weighted by molar-refractivity contribution is 7.99. The summed E-state index contributed by atoms with van der Waals surface area (Å²) in [6.45, 7) is 2.06. The first-order valence-corrected chi connectivity index (χ1v) is 7.06. The van der Waals surface area contributed by atoms with Crippen LogP contribution in [0.1, 0.15) is 24.2 Å². The third-order valence-electron chi connectivity index (χ3n) is 2.85. The molecule has 0 spiro atoms. The van der Waals surface area contributed by atoms with Crippen molar-refractivity contribution in [1.82, 2.24) is 4.98 Å². The van der Waals surface area contributed by atoms with Crippen LogP contribution in [0.3, 0.4) is 0 Å². The molecule has 94 valence electrons. The Kier molecular flexibility index (Phi) is 4.79. The Morgan fingerprint density at radius 2 is 1.78 bits per heavy atom. The quantitative estimate of drug-likeness (QED) is 0.893. The predicted molar refractivity (Wildman–Crippen MR) is 76.4 cm³/mol. The van der Waals surface area contributed by atoms with Crippen LogP contribution in [-0.2, 0) is 5.75 Å². The maximum absolute atomic E-state index is 10.2. The normalized spacial score (nSPS) is 14.1. The summed E-state index contributed by atoms with van der Waals surface area (Å²) in [5, 5.41) is 10.4. The number of aliphatic hydroxyl groups excluding tert-OH is 1. The van der Waals surface area contributed by atoms with Crippen LogP contribution in [0.25, 0.3) is 0 Å². The van der Waals surface area contributed by atoms with Gasteiger partial charge in [-0.2, -0.15) is 11.8 Å². The third-order valence-corrected chi connectivity index (χ3v) is 4.13. The lowest BCUT2D eigenvalue weighted by atomic mass is 10.1. The molecule has 2 rings (SSSR count). The molecular formula is C15H17NOS. The van der Waals surface area contributed by atoms with Crippen molar-refractivity contribution >= 4 is 11.8 Å². The van der Waals surface area contributed by atoms with Gasteiger partial charge in [-0.25, -0.2) is 0 Å². The van der Waals surface area contributed by atoms with Crippen molar-refractivity contribution in [3.05, 3.63) is 66.0 Å². The van der Waals surface area contributed by atoms with E-state index in [1.54, 1.807) is 24.2 Å². The van der Waals surface area contributed by atoms with Crippen molar-refractivity contribution < 1.29 is 5.11 Å². The number of thioether (sulfide) groups is 1. The number of aliphatic hydroxyl groups is 1. The smallest absolute Gasteiger partial charge is 0.0905 e. The van der Waals surface area contributed by atoms with Crippen LogP contribution in [0.5, 0.6) is 0 Å². The standard InChI is InChI=1S/C15H17NOS/c1-12(15(17)14-5-3-2-4-6-14)18-11-13-7-9-16-10-8-13/h2-10,12,15,17H,11H2,1H3. The highest BCUT2D eigenvalue weighted by Crippen LogP contribution is 2.28. The van der Waals surface area contributed by atoms with E-state index in [0.29, 0.717) is 0 Å². The molecule has 0 aliphatic heterocycles. The second-order valence-corrected chi connectivity index (χ2v) is 5.59. The lowest BCUT2D eigenvalue weighted by molar-refractivity contribution is 0.179. The fourth-order valence-corrected chi connectivity index (χ4v) is 2.71. The van der Waals surface area contributed by atoms with E-state index in [4.69, 9.17) is 0 Å². The van der Waals surface area contributed by atoms with E-state index in [9.17, 15) is 5.11 Å². The molecule has 2 unspecified atom stereocenters. The van der Waals surface area contributed by atoms with Gasteiger partial charge in [-0.05, 0) is 23.3 Å². The Labute approximate surface area is 112 Å². The van der Waals surface area contributed by atoms with E-state index in [1.807, 2.05) is 42.5 Å². The zero-order chi connectivity index (χ0) is 12.8. The highest BCUT2D eigenvalue weighted by Gasteiger charge is 2.16. The zero-order valence-corrected chi connectivity index (χ0v) is 11.2. The first-order chi connectivity index (χ1) is 8.77. The molecule has 0 amide bonds. The molecule has 0 saturated heterocycles. The molecule has 1 N–H and O–H groups in total. The molecular weight excluding hydrogens is 242 g/mol. The minimum absolute atomic E-state index is 0.167. The number of pyridine rings is 1. The number of hydrogen-bond acceptors (Lipinski definition) is 3. The second kappa shape index (κ2) is 6.57. The van der Waals surface area contributed by atoms with Crippen molar-refractivity contribution in [1.29, 1.82) is 0 Å². The van der Waals surface area contributed by atoms with Crippen molar-refractivity contribution in [2.45, 2.75) is 24.0 Å². The molecule has 0 aliphatic carbocycles. The summed E-state index contributed by atoms with van der Waals surface area (Å²) in [7, 11) is 0. The summed E-state index contributed by atoms with van der Waals surface area (Å²) >= 11 is 1.75. The summed E-state index contributed by atoms with van der Waals surface area (Å²) < 4.78 is 0. The minimum Gasteiger partial charge on any atom is -0.387 e. The van der Waals surface area contributed by atoms with Crippen molar-refractivity contribution in [2.75, 3.05) is 0 Å². The fourth-order valence-electron chi connectivity index (χ4n) is 1.72. The lowest BCUT2D eigenvalue weighted by Gasteiger charge is -2.18. The Morgan fingerprint density at radius 1 is 1.11 bits per heavy atom. The van der Waals surface area contributed by atoms with E-state index < -0.39 is 6.10 Å². The highest BCUT2D eigenvalue weighted by atomic mass is 32.2. The second-order valence-electron chi connectivity index (χ2n) is 4.23. The monoisotopic (exact) mass is 259 g/mol. The molecule has 0 aliphatic rings. The van der Waals surface area contributed by atoms with Gasteiger partial charge in [0.1, 0.15) is 0 Å². The van der Waals surface area contributed by atoms with Crippen LogP contribution in [-0.4, -0.2) is 15.3 Å². The first-order valence-electron chi connectivity index (χ1n) is 6.01. The predicted octanol–water partition coefficient (Wildman–Crippen LogP) is 3.44. The molecule has 1 aromatic heterocycles. The summed E-state index contributed by atoms with van der Waals surface area (Å²) in [6.07, 6.45) is 3.18. The zero-order valence-electron chi connectivity index (χ0n) is 10.4. The van der Waals surface area contributed by atoms with Gasteiger partial charge < -0.3 is 5.11 Å². The number of hydrogen-bond donors (Lipinski definition) is 1. The van der Waals surface area contributed by atoms with Gasteiger partial charge in [0, 0.05) is 23.4 Å². The van der Waals surface area contributed by atoms with Crippen LogP contribution < -0.4 is 0 Å². The Hall–Kier alpha value is -1.32. The molecule has 0 radical (unpaired) electrons. The molecule has 0 bridgehead atoms. The van der Waals surface area contributed by atoms with Gasteiger partial charge in [0.2, 0.25) is 0 Å². The van der Waals surface area contributed by atoms with Gasteiger partial charge in [0.25, 0.3) is 0 Å². The van der Waals surface area contributed by atoms with Crippen LogP contribution in [0.4, 0.5) is 0 Å². The Balaban J connectivity index is 1.90. The van der Waals surface area contributed by atoms with Gasteiger partial charge in [-0.1, -0.05) is 37.3 Å². The van der Waals surface area contributed by atoms with Gasteiger partial charge in [0.05, 0.1) is 6.10 Å². The van der Waals surface area contributed by atoms with E-state index in [-0.39, 0.29) is 5.25 Å². The maximum atomic E-state index is 10.2. The largest absolute Gasteiger partial charge is 0.387 e. The fraction of sp³-hybridized carbons (Fsp3) is 0.267. The van der Waals surface area contributed by atoms with E-state index in [1.165, 1.54) is 5.56 Å². The summed E-state index contributed by atoms with van der Waals surface area (Å²) in [5.41, 5.74) is 2.22. The van der Waals surface area contributed by atoms with Gasteiger partial charge in [-0.15, -0.1) is 0 Å². The summed E-state index contributed by atoms with van der Waals surface area (Å²) in [6, 6.07) is 13.8. The van der Waals surface area contributed by atoms with E-state index in [0.717, 1.165) is 11.3 Å². The van der Waals surface area contributed by atoms with Crippen LogP contribution in [0, 0.1) is 0 Å². The average molecular weight is 259 g/mol. The number of nitrogens with zero attached hydrogens (tertiary/aromatic N) is 1. The van der Waals surface area contributed by atoms with Crippen LogP contribution in [0.15, 0.2) is 54.9 Å². The molecule has 0 saturated carbocycles. The molecule has 3 heteroatoms. The van der Waals surface area contributed by atoms with Gasteiger partial charge >= 0.3 is 0 Å². The molecule has 18 heavy (non-hydrogen) atoms. The summed E-state index contributed by atoms with van der Waals surface area (Å²) in [5.74, 6) is 0.896. The van der Waals surface area contributed by atoms with E-state index in [2.05, 4.69) is 11.9 Å². The lowest BCUT2D eigenvalue weighted by Crippen LogP contribution is -2.11. The van der Waals surface area contributed by atoms with Gasteiger partial charge in [0.15, 0.2) is 0 Å². The Bertz CT molecular complexity index is 460. The molecule has 2 nitrogen and oxygen atoms in total. The number of aromatic nitrogens is 1. The molecule has 0 fully saturated rings. The first kappa shape index (κ1) is 13.1. The van der Waals surface area contributed by atoms with Crippen molar-refractivity contribution in [3.8, 4) is 0 Å². The molecule has 1 aromatic carbocycles. The SMILES string of the molecule is CC(SCc1ccncc1)C(O)c1ccccc1. The van der Waals surface area contributed by atoms with Crippen molar-refractivity contribution in [2.24, 2.45) is 0 Å². The topological polar surface area (TPSA) is 33.1 Å². The third kappa shape index (κ3) is 3.59. The minimum atomic E-state index is -0.418. The van der Waals surface area contributed by atoms with Crippen LogP contribution in [0.2, 0.25) is 0 Å². The average Bonchev–Trinajstić information content (AvgIpc) is 2.46. The van der Waals surface area contributed by atoms with E-state index >= 15 is 0 Å². The van der Waals surface area contributed by atoms with Crippen LogP contribution >= 0.6 is 11.8 Å². The maximum Gasteiger partial charge on any atom is 0.0905 e. The molecule has 1 heterocycles. The number of rotatable bonds is 5.